The van der Waals surface area contributed by atoms with E-state index in [2.05, 4.69) is 15.6 Å². The van der Waals surface area contributed by atoms with Crippen molar-refractivity contribution < 1.29 is 19.4 Å². The number of hydrogen-bond acceptors (Lipinski definition) is 5. The topological polar surface area (TPSA) is 101 Å². The molecule has 2 amide bonds. The first-order valence-electron chi connectivity index (χ1n) is 6.01. The fourth-order valence-corrected chi connectivity index (χ4v) is 2.15. The van der Waals surface area contributed by atoms with E-state index in [1.165, 1.54) is 0 Å². The lowest BCUT2D eigenvalue weighted by molar-refractivity contribution is 0.0254. The molecule has 0 bridgehead atoms. The van der Waals surface area contributed by atoms with Gasteiger partial charge in [0, 0.05) is 13.7 Å². The van der Waals surface area contributed by atoms with Crippen LogP contribution in [0.1, 0.15) is 34.2 Å². The van der Waals surface area contributed by atoms with Crippen LogP contribution in [0.3, 0.4) is 0 Å². The summed E-state index contributed by atoms with van der Waals surface area (Å²) in [6.07, 6.45) is 0. The number of methoxy groups -OCH3 is 1. The molecule has 0 spiro atoms. The number of amides is 2. The highest BCUT2D eigenvalue weighted by Crippen LogP contribution is 2.17. The highest BCUT2D eigenvalue weighted by molar-refractivity contribution is 7.13. The van der Waals surface area contributed by atoms with E-state index < -0.39 is 11.6 Å². The smallest absolute Gasteiger partial charge is 0.347 e. The highest BCUT2D eigenvalue weighted by Gasteiger charge is 2.18. The summed E-state index contributed by atoms with van der Waals surface area (Å²) in [5.74, 6) is -1.00. The molecule has 1 aromatic heterocycles. The summed E-state index contributed by atoms with van der Waals surface area (Å²) in [4.78, 5) is 26.8. The van der Waals surface area contributed by atoms with Gasteiger partial charge in [0.2, 0.25) is 0 Å². The van der Waals surface area contributed by atoms with Crippen LogP contribution in [0.25, 0.3) is 0 Å². The van der Waals surface area contributed by atoms with Crippen LogP contribution in [0, 0.1) is 6.92 Å². The molecule has 0 saturated heterocycles. The lowest BCUT2D eigenvalue weighted by Gasteiger charge is -2.23. The zero-order valence-electron chi connectivity index (χ0n) is 11.9. The Hall–Kier alpha value is -1.67. The quantitative estimate of drug-likeness (QED) is 0.737. The van der Waals surface area contributed by atoms with Gasteiger partial charge in [-0.05, 0) is 20.8 Å². The maximum atomic E-state index is 11.6. The van der Waals surface area contributed by atoms with Crippen molar-refractivity contribution in [1.82, 2.24) is 15.6 Å². The van der Waals surface area contributed by atoms with E-state index in [9.17, 15) is 9.59 Å². The SMILES string of the molecule is COC(C)(C)CNC(=O)NCc1nc(C)c(C(=O)O)s1. The highest BCUT2D eigenvalue weighted by atomic mass is 32.1. The summed E-state index contributed by atoms with van der Waals surface area (Å²) >= 11 is 1.06. The molecule has 0 unspecified atom stereocenters. The monoisotopic (exact) mass is 301 g/mol. The third-order valence-corrected chi connectivity index (χ3v) is 3.81. The van der Waals surface area contributed by atoms with Crippen LogP contribution in [0.15, 0.2) is 0 Å². The van der Waals surface area contributed by atoms with Gasteiger partial charge in [-0.25, -0.2) is 14.6 Å². The van der Waals surface area contributed by atoms with Crippen LogP contribution in [0.5, 0.6) is 0 Å². The Morgan fingerprint density at radius 3 is 2.55 bits per heavy atom. The Labute approximate surface area is 121 Å². The number of carboxylic acids is 1. The first-order chi connectivity index (χ1) is 9.25. The van der Waals surface area contributed by atoms with E-state index in [0.717, 1.165) is 11.3 Å². The second-order valence-electron chi connectivity index (χ2n) is 4.83. The van der Waals surface area contributed by atoms with Crippen molar-refractivity contribution in [3.63, 3.8) is 0 Å². The standard InChI is InChI=1S/C12H19N3O4S/c1-7-9(10(16)17)20-8(15-7)5-13-11(18)14-6-12(2,3)19-4/h5-6H2,1-4H3,(H,16,17)(H2,13,14,18). The molecule has 0 fully saturated rings. The molecule has 20 heavy (non-hydrogen) atoms. The second kappa shape index (κ2) is 6.67. The minimum atomic E-state index is -1.00. The molecule has 0 saturated carbocycles. The molecule has 0 aliphatic rings. The largest absolute Gasteiger partial charge is 0.477 e. The number of nitrogens with one attached hydrogen (secondary N) is 2. The predicted molar refractivity (Wildman–Crippen MR) is 75.1 cm³/mol. The van der Waals surface area contributed by atoms with Gasteiger partial charge in [-0.3, -0.25) is 0 Å². The minimum Gasteiger partial charge on any atom is -0.477 e. The van der Waals surface area contributed by atoms with E-state index in [0.29, 0.717) is 17.2 Å². The molecule has 8 heteroatoms. The van der Waals surface area contributed by atoms with Crippen molar-refractivity contribution in [3.05, 3.63) is 15.6 Å². The first-order valence-corrected chi connectivity index (χ1v) is 6.83. The Morgan fingerprint density at radius 2 is 2.05 bits per heavy atom. The van der Waals surface area contributed by atoms with E-state index in [1.54, 1.807) is 14.0 Å². The van der Waals surface area contributed by atoms with Crippen molar-refractivity contribution in [2.75, 3.05) is 13.7 Å². The summed E-state index contributed by atoms with van der Waals surface area (Å²) in [6, 6.07) is -0.347. The van der Waals surface area contributed by atoms with Gasteiger partial charge in [-0.2, -0.15) is 0 Å². The van der Waals surface area contributed by atoms with Crippen LogP contribution in [0.4, 0.5) is 4.79 Å². The van der Waals surface area contributed by atoms with Crippen molar-refractivity contribution in [1.29, 1.82) is 0 Å². The molecule has 1 heterocycles. The molecule has 112 valence electrons. The number of carbonyl (C=O) groups is 2. The Kier molecular flexibility index (Phi) is 5.46. The molecule has 0 atom stereocenters. The van der Waals surface area contributed by atoms with Crippen LogP contribution >= 0.6 is 11.3 Å². The molecular weight excluding hydrogens is 282 g/mol. The van der Waals surface area contributed by atoms with Gasteiger partial charge in [0.15, 0.2) is 0 Å². The van der Waals surface area contributed by atoms with Crippen LogP contribution in [0.2, 0.25) is 0 Å². The van der Waals surface area contributed by atoms with Gasteiger partial charge in [0.05, 0.1) is 17.8 Å². The summed E-state index contributed by atoms with van der Waals surface area (Å²) in [5, 5.41) is 14.8. The van der Waals surface area contributed by atoms with Crippen LogP contribution in [-0.4, -0.2) is 41.3 Å². The number of hydrogen-bond donors (Lipinski definition) is 3. The average Bonchev–Trinajstić information content (AvgIpc) is 2.75. The fraction of sp³-hybridized carbons (Fsp3) is 0.583. The molecule has 1 aromatic rings. The molecule has 0 aromatic carbocycles. The van der Waals surface area contributed by atoms with E-state index >= 15 is 0 Å². The number of aromatic nitrogens is 1. The Balaban J connectivity index is 2.45. The zero-order chi connectivity index (χ0) is 15.3. The van der Waals surface area contributed by atoms with Gasteiger partial charge in [-0.1, -0.05) is 0 Å². The molecule has 0 aliphatic heterocycles. The molecule has 3 N–H and O–H groups in total. The molecular formula is C12H19N3O4S. The van der Waals surface area contributed by atoms with Gasteiger partial charge in [-0.15, -0.1) is 11.3 Å². The number of urea groups is 1. The van der Waals surface area contributed by atoms with Gasteiger partial charge < -0.3 is 20.5 Å². The minimum absolute atomic E-state index is 0.192. The van der Waals surface area contributed by atoms with Crippen molar-refractivity contribution in [3.8, 4) is 0 Å². The number of nitrogens with zero attached hydrogens (tertiary/aromatic N) is 1. The van der Waals surface area contributed by atoms with Crippen molar-refractivity contribution in [2.24, 2.45) is 0 Å². The normalized spacial score (nSPS) is 11.2. The van der Waals surface area contributed by atoms with Crippen molar-refractivity contribution in [2.45, 2.75) is 32.9 Å². The number of carboxylic acid groups (broad SMARTS) is 1. The Morgan fingerprint density at radius 1 is 1.40 bits per heavy atom. The average molecular weight is 301 g/mol. The van der Waals surface area contributed by atoms with Gasteiger partial charge in [0.1, 0.15) is 9.88 Å². The molecule has 7 nitrogen and oxygen atoms in total. The number of aryl methyl sites for hydroxylation is 1. The zero-order valence-corrected chi connectivity index (χ0v) is 12.8. The summed E-state index contributed by atoms with van der Waals surface area (Å²) in [6.45, 7) is 5.91. The summed E-state index contributed by atoms with van der Waals surface area (Å²) in [5.41, 5.74) is 0.0196. The molecule has 0 aliphatic carbocycles. The summed E-state index contributed by atoms with van der Waals surface area (Å²) in [7, 11) is 1.57. The van der Waals surface area contributed by atoms with Crippen LogP contribution in [-0.2, 0) is 11.3 Å². The third kappa shape index (κ3) is 4.78. The number of thiazole rings is 1. The first kappa shape index (κ1) is 16.4. The number of rotatable bonds is 6. The Bertz CT molecular complexity index is 499. The fourth-order valence-electron chi connectivity index (χ4n) is 1.31. The maximum absolute atomic E-state index is 11.6. The van der Waals surface area contributed by atoms with Gasteiger partial charge in [0.25, 0.3) is 0 Å². The summed E-state index contributed by atoms with van der Waals surface area (Å²) < 4.78 is 5.18. The maximum Gasteiger partial charge on any atom is 0.347 e. The number of aromatic carboxylic acids is 1. The lowest BCUT2D eigenvalue weighted by Crippen LogP contribution is -2.44. The number of ether oxygens (including phenoxy) is 1. The second-order valence-corrected chi connectivity index (χ2v) is 5.91. The van der Waals surface area contributed by atoms with Crippen LogP contribution < -0.4 is 10.6 Å². The van der Waals surface area contributed by atoms with E-state index in [1.807, 2.05) is 13.8 Å². The molecule has 0 radical (unpaired) electrons. The third-order valence-electron chi connectivity index (χ3n) is 2.66. The number of carbonyl (C=O) groups excluding carboxylic acids is 1. The van der Waals surface area contributed by atoms with E-state index in [-0.39, 0.29) is 17.5 Å². The lowest BCUT2D eigenvalue weighted by atomic mass is 10.1. The van der Waals surface area contributed by atoms with E-state index in [4.69, 9.17) is 9.84 Å². The predicted octanol–water partition coefficient (Wildman–Crippen LogP) is 1.37. The molecule has 1 rings (SSSR count). The van der Waals surface area contributed by atoms with Crippen molar-refractivity contribution >= 4 is 23.3 Å². The van der Waals surface area contributed by atoms with Gasteiger partial charge >= 0.3 is 12.0 Å².